The van der Waals surface area contributed by atoms with E-state index in [0.717, 1.165) is 12.8 Å². The van der Waals surface area contributed by atoms with Gasteiger partial charge in [-0.25, -0.2) is 0 Å². The summed E-state index contributed by atoms with van der Waals surface area (Å²) in [5.41, 5.74) is 7.22. The Bertz CT molecular complexity index is 656. The van der Waals surface area contributed by atoms with Crippen molar-refractivity contribution in [3.63, 3.8) is 0 Å². The number of hydrogen-bond acceptors (Lipinski definition) is 3. The lowest BCUT2D eigenvalue weighted by molar-refractivity contribution is 0.0954. The van der Waals surface area contributed by atoms with E-state index in [1.54, 1.807) is 24.3 Å². The summed E-state index contributed by atoms with van der Waals surface area (Å²) < 4.78 is 0. The van der Waals surface area contributed by atoms with Gasteiger partial charge >= 0.3 is 0 Å². The fraction of sp³-hybridized carbons (Fsp3) is 0.235. The molecule has 0 atom stereocenters. The molecule has 0 saturated carbocycles. The van der Waals surface area contributed by atoms with Crippen LogP contribution in [-0.2, 0) is 0 Å². The van der Waals surface area contributed by atoms with Gasteiger partial charge in [0, 0.05) is 6.54 Å². The molecule has 2 rings (SSSR count). The molecule has 0 aliphatic heterocycles. The Morgan fingerprint density at radius 3 is 2.39 bits per heavy atom. The predicted octanol–water partition coefficient (Wildman–Crippen LogP) is 4.21. The van der Waals surface area contributed by atoms with E-state index < -0.39 is 0 Å². The third-order valence-electron chi connectivity index (χ3n) is 3.31. The first-order chi connectivity index (χ1) is 11.1. The molecule has 6 heteroatoms. The quantitative estimate of drug-likeness (QED) is 0.654. The van der Waals surface area contributed by atoms with Crippen LogP contribution in [0.4, 0.5) is 11.4 Å². The number of benzene rings is 2. The summed E-state index contributed by atoms with van der Waals surface area (Å²) in [6.07, 6.45) is 1.74. The van der Waals surface area contributed by atoms with E-state index in [9.17, 15) is 4.79 Å². The predicted molar refractivity (Wildman–Crippen MR) is 96.8 cm³/mol. The molecule has 23 heavy (non-hydrogen) atoms. The Balaban J connectivity index is 2.16. The Kier molecular flexibility index (Phi) is 6.71. The van der Waals surface area contributed by atoms with Crippen molar-refractivity contribution in [2.75, 3.05) is 18.4 Å². The number of unbranched alkanes of at least 4 members (excludes halogenated alkanes) is 1. The summed E-state index contributed by atoms with van der Waals surface area (Å²) in [6.45, 7) is 1.22. The van der Waals surface area contributed by atoms with Gasteiger partial charge in [0.15, 0.2) is 0 Å². The van der Waals surface area contributed by atoms with Crippen molar-refractivity contribution < 1.29 is 4.79 Å². The minimum absolute atomic E-state index is 0.145. The maximum absolute atomic E-state index is 12.3. The first-order valence-corrected chi connectivity index (χ1v) is 8.17. The van der Waals surface area contributed by atoms with Crippen LogP contribution in [0, 0.1) is 0 Å². The summed E-state index contributed by atoms with van der Waals surface area (Å²) in [7, 11) is 0. The smallest absolute Gasteiger partial charge is 0.253 e. The number of rotatable bonds is 7. The van der Waals surface area contributed by atoms with Gasteiger partial charge in [-0.15, -0.1) is 0 Å². The normalized spacial score (nSPS) is 10.4. The average molecular weight is 352 g/mol. The summed E-state index contributed by atoms with van der Waals surface area (Å²) in [5.74, 6) is -0.145. The zero-order valence-electron chi connectivity index (χ0n) is 12.6. The summed E-state index contributed by atoms with van der Waals surface area (Å²) in [4.78, 5) is 12.3. The highest BCUT2D eigenvalue weighted by Crippen LogP contribution is 2.33. The van der Waals surface area contributed by atoms with Crippen molar-refractivity contribution in [3.05, 3.63) is 58.1 Å². The first kappa shape index (κ1) is 17.6. The van der Waals surface area contributed by atoms with Crippen LogP contribution >= 0.6 is 23.2 Å². The average Bonchev–Trinajstić information content (AvgIpc) is 2.55. The number of halogens is 2. The van der Waals surface area contributed by atoms with Gasteiger partial charge in [0.25, 0.3) is 5.91 Å². The van der Waals surface area contributed by atoms with Gasteiger partial charge in [-0.1, -0.05) is 41.4 Å². The second-order valence-electron chi connectivity index (χ2n) is 5.02. The molecular formula is C17H19Cl2N3O. The van der Waals surface area contributed by atoms with E-state index >= 15 is 0 Å². The number of carbonyl (C=O) groups is 1. The Morgan fingerprint density at radius 2 is 1.70 bits per heavy atom. The number of nitrogens with one attached hydrogen (secondary N) is 2. The molecule has 0 bridgehead atoms. The Labute approximate surface area is 146 Å². The van der Waals surface area contributed by atoms with E-state index in [1.165, 1.54) is 0 Å². The van der Waals surface area contributed by atoms with Crippen molar-refractivity contribution in [3.8, 4) is 0 Å². The molecule has 1 amide bonds. The van der Waals surface area contributed by atoms with E-state index in [4.69, 9.17) is 28.9 Å². The van der Waals surface area contributed by atoms with Crippen LogP contribution in [0.3, 0.4) is 0 Å². The number of amides is 1. The zero-order valence-corrected chi connectivity index (χ0v) is 14.1. The molecule has 0 fully saturated rings. The molecule has 0 spiro atoms. The maximum atomic E-state index is 12.3. The fourth-order valence-electron chi connectivity index (χ4n) is 2.11. The number of hydrogen-bond donors (Lipinski definition) is 3. The maximum Gasteiger partial charge on any atom is 0.253 e. The lowest BCUT2D eigenvalue weighted by atomic mass is 10.1. The number of para-hydroxylation sites is 2. The van der Waals surface area contributed by atoms with Gasteiger partial charge in [0.05, 0.1) is 27.0 Å². The van der Waals surface area contributed by atoms with E-state index in [1.807, 2.05) is 18.2 Å². The van der Waals surface area contributed by atoms with Gasteiger partial charge in [-0.3, -0.25) is 4.79 Å². The zero-order chi connectivity index (χ0) is 16.7. The highest BCUT2D eigenvalue weighted by molar-refractivity contribution is 6.39. The topological polar surface area (TPSA) is 67.1 Å². The van der Waals surface area contributed by atoms with Gasteiger partial charge in [0.2, 0.25) is 0 Å². The first-order valence-electron chi connectivity index (χ1n) is 7.42. The van der Waals surface area contributed by atoms with Crippen LogP contribution < -0.4 is 16.4 Å². The standard InChI is InChI=1S/C17H19Cl2N3O/c18-13-7-5-8-14(19)16(13)22-15-9-2-1-6-12(15)17(23)21-11-4-3-10-20/h1-2,5-9,22H,3-4,10-11,20H2,(H,21,23). The van der Waals surface area contributed by atoms with Crippen molar-refractivity contribution in [2.45, 2.75) is 12.8 Å². The molecule has 0 unspecified atom stereocenters. The molecule has 0 aliphatic rings. The van der Waals surface area contributed by atoms with E-state index in [-0.39, 0.29) is 5.91 Å². The van der Waals surface area contributed by atoms with Crippen LogP contribution in [0.1, 0.15) is 23.2 Å². The van der Waals surface area contributed by atoms with Crippen LogP contribution in [0.2, 0.25) is 10.0 Å². The van der Waals surface area contributed by atoms with Crippen molar-refractivity contribution in [1.29, 1.82) is 0 Å². The molecule has 2 aromatic rings. The summed E-state index contributed by atoms with van der Waals surface area (Å²) in [6, 6.07) is 12.5. The second-order valence-corrected chi connectivity index (χ2v) is 5.83. The van der Waals surface area contributed by atoms with Crippen molar-refractivity contribution in [2.24, 2.45) is 5.73 Å². The molecule has 4 nitrogen and oxygen atoms in total. The number of anilines is 2. The van der Waals surface area contributed by atoms with Gasteiger partial charge in [0.1, 0.15) is 0 Å². The fourth-order valence-corrected chi connectivity index (χ4v) is 2.60. The number of carbonyl (C=O) groups excluding carboxylic acids is 1. The summed E-state index contributed by atoms with van der Waals surface area (Å²) >= 11 is 12.3. The Morgan fingerprint density at radius 1 is 1.00 bits per heavy atom. The van der Waals surface area contributed by atoms with Crippen LogP contribution in [0.5, 0.6) is 0 Å². The Hall–Kier alpha value is -1.75. The molecule has 4 N–H and O–H groups in total. The lowest BCUT2D eigenvalue weighted by Crippen LogP contribution is -2.25. The molecule has 0 heterocycles. The molecule has 2 aromatic carbocycles. The van der Waals surface area contributed by atoms with Gasteiger partial charge in [-0.05, 0) is 43.7 Å². The van der Waals surface area contributed by atoms with Crippen LogP contribution in [0.25, 0.3) is 0 Å². The molecule has 0 radical (unpaired) electrons. The van der Waals surface area contributed by atoms with Gasteiger partial charge < -0.3 is 16.4 Å². The third-order valence-corrected chi connectivity index (χ3v) is 3.94. The molecule has 0 saturated heterocycles. The second kappa shape index (κ2) is 8.77. The van der Waals surface area contributed by atoms with Crippen molar-refractivity contribution in [1.82, 2.24) is 5.32 Å². The molecular weight excluding hydrogens is 333 g/mol. The molecule has 122 valence electrons. The molecule has 0 aromatic heterocycles. The van der Waals surface area contributed by atoms with Gasteiger partial charge in [-0.2, -0.15) is 0 Å². The lowest BCUT2D eigenvalue weighted by Gasteiger charge is -2.14. The van der Waals surface area contributed by atoms with E-state index in [2.05, 4.69) is 10.6 Å². The SMILES string of the molecule is NCCCCNC(=O)c1ccccc1Nc1c(Cl)cccc1Cl. The number of nitrogens with two attached hydrogens (primary N) is 1. The van der Waals surface area contributed by atoms with Crippen LogP contribution in [-0.4, -0.2) is 19.0 Å². The minimum Gasteiger partial charge on any atom is -0.352 e. The highest BCUT2D eigenvalue weighted by Gasteiger charge is 2.13. The van der Waals surface area contributed by atoms with Crippen LogP contribution in [0.15, 0.2) is 42.5 Å². The third kappa shape index (κ3) is 4.86. The molecule has 0 aliphatic carbocycles. The highest BCUT2D eigenvalue weighted by atomic mass is 35.5. The summed E-state index contributed by atoms with van der Waals surface area (Å²) in [5, 5.41) is 7.03. The minimum atomic E-state index is -0.145. The van der Waals surface area contributed by atoms with Crippen molar-refractivity contribution >= 4 is 40.5 Å². The van der Waals surface area contributed by atoms with E-state index in [0.29, 0.717) is 40.1 Å². The monoisotopic (exact) mass is 351 g/mol. The largest absolute Gasteiger partial charge is 0.352 e.